The Morgan fingerprint density at radius 1 is 1.06 bits per heavy atom. The van der Waals surface area contributed by atoms with Gasteiger partial charge in [-0.3, -0.25) is 0 Å². The van der Waals surface area contributed by atoms with Gasteiger partial charge in [-0.25, -0.2) is 13.8 Å². The molecule has 0 amide bonds. The molecular weight excluding hydrogens is 519 g/mol. The minimum atomic E-state index is -0.510. The second-order valence-corrected chi connectivity index (χ2v) is 6.96. The summed E-state index contributed by atoms with van der Waals surface area (Å²) >= 11 is 0. The number of hydrogen-bond acceptors (Lipinski definition) is 4. The van der Waals surface area contributed by atoms with E-state index >= 15 is 0 Å². The van der Waals surface area contributed by atoms with E-state index in [9.17, 15) is 8.78 Å². The second-order valence-electron chi connectivity index (χ2n) is 6.96. The normalized spacial score (nSPS) is 17.4. The Morgan fingerprint density at radius 3 is 2.19 bits per heavy atom. The average molecular weight is 547 g/mol. The summed E-state index contributed by atoms with van der Waals surface area (Å²) < 4.78 is 44.1. The number of rotatable bonds is 8. The number of ether oxygens (including phenoxy) is 3. The van der Waals surface area contributed by atoms with E-state index in [0.717, 1.165) is 5.56 Å². The standard InChI is InChI=1S/C22H27F2N3O3.HI/c1-5-25-22(27-17-11-14(17)20-15(23)7-6-8-16(20)24)26-12-13-9-18(28-2)21(30-4)19(10-13)29-3;/h6-10,14,17H,5,11-12H2,1-4H3,(H2,25,26,27);1H. The number of nitrogens with zero attached hydrogens (tertiary/aromatic N) is 1. The molecule has 2 aromatic rings. The highest BCUT2D eigenvalue weighted by atomic mass is 127. The molecule has 0 radical (unpaired) electrons. The predicted octanol–water partition coefficient (Wildman–Crippen LogP) is 4.22. The molecule has 0 heterocycles. The summed E-state index contributed by atoms with van der Waals surface area (Å²) in [5, 5.41) is 6.43. The minimum absolute atomic E-state index is 0. The van der Waals surface area contributed by atoms with E-state index in [4.69, 9.17) is 14.2 Å². The monoisotopic (exact) mass is 547 g/mol. The molecule has 0 saturated heterocycles. The second kappa shape index (κ2) is 11.4. The molecule has 2 aromatic carbocycles. The fourth-order valence-electron chi connectivity index (χ4n) is 3.43. The Hall–Kier alpha value is -2.30. The summed E-state index contributed by atoms with van der Waals surface area (Å²) in [6, 6.07) is 7.55. The Balaban J connectivity index is 0.00000341. The molecule has 31 heavy (non-hydrogen) atoms. The van der Waals surface area contributed by atoms with Crippen LogP contribution >= 0.6 is 24.0 Å². The van der Waals surface area contributed by atoms with Crippen molar-refractivity contribution in [3.63, 3.8) is 0 Å². The van der Waals surface area contributed by atoms with Crippen LogP contribution in [0.15, 0.2) is 35.3 Å². The maximum atomic E-state index is 14.0. The number of methoxy groups -OCH3 is 3. The molecule has 3 rings (SSSR count). The summed E-state index contributed by atoms with van der Waals surface area (Å²) in [6.07, 6.45) is 0.645. The van der Waals surface area contributed by atoms with E-state index in [1.54, 1.807) is 21.3 Å². The Bertz CT molecular complexity index is 882. The average Bonchev–Trinajstić information content (AvgIpc) is 3.49. The quantitative estimate of drug-likeness (QED) is 0.295. The third kappa shape index (κ3) is 5.90. The van der Waals surface area contributed by atoms with Crippen LogP contribution in [0.2, 0.25) is 0 Å². The van der Waals surface area contributed by atoms with Crippen molar-refractivity contribution >= 4 is 29.9 Å². The van der Waals surface area contributed by atoms with Crippen molar-refractivity contribution < 1.29 is 23.0 Å². The van der Waals surface area contributed by atoms with Gasteiger partial charge in [-0.15, -0.1) is 24.0 Å². The zero-order chi connectivity index (χ0) is 21.7. The molecule has 1 saturated carbocycles. The van der Waals surface area contributed by atoms with E-state index in [2.05, 4.69) is 15.6 Å². The van der Waals surface area contributed by atoms with Gasteiger partial charge in [0.2, 0.25) is 5.75 Å². The first kappa shape index (κ1) is 25.0. The fraction of sp³-hybridized carbons (Fsp3) is 0.409. The molecule has 2 N–H and O–H groups in total. The molecule has 0 bridgehead atoms. The van der Waals surface area contributed by atoms with Crippen LogP contribution in [0.1, 0.15) is 30.4 Å². The topological polar surface area (TPSA) is 64.1 Å². The molecule has 1 aliphatic carbocycles. The van der Waals surface area contributed by atoms with Crippen molar-refractivity contribution in [2.75, 3.05) is 27.9 Å². The molecular formula is C22H28F2IN3O3. The highest BCUT2D eigenvalue weighted by molar-refractivity contribution is 14.0. The molecule has 170 valence electrons. The molecule has 2 atom stereocenters. The third-order valence-corrected chi connectivity index (χ3v) is 4.97. The summed E-state index contributed by atoms with van der Waals surface area (Å²) in [5.74, 6) is 0.971. The summed E-state index contributed by atoms with van der Waals surface area (Å²) in [7, 11) is 4.67. The van der Waals surface area contributed by atoms with Crippen molar-refractivity contribution in [1.82, 2.24) is 10.6 Å². The maximum Gasteiger partial charge on any atom is 0.203 e. The van der Waals surface area contributed by atoms with E-state index in [1.165, 1.54) is 18.2 Å². The lowest BCUT2D eigenvalue weighted by molar-refractivity contribution is 0.324. The number of aliphatic imine (C=N–C) groups is 1. The minimum Gasteiger partial charge on any atom is -0.493 e. The molecule has 0 spiro atoms. The third-order valence-electron chi connectivity index (χ3n) is 4.97. The molecule has 6 nitrogen and oxygen atoms in total. The highest BCUT2D eigenvalue weighted by Crippen LogP contribution is 2.43. The van der Waals surface area contributed by atoms with Gasteiger partial charge in [0, 0.05) is 24.1 Å². The van der Waals surface area contributed by atoms with Gasteiger partial charge in [0.1, 0.15) is 11.6 Å². The van der Waals surface area contributed by atoms with Crippen molar-refractivity contribution in [2.24, 2.45) is 4.99 Å². The molecule has 1 fully saturated rings. The smallest absolute Gasteiger partial charge is 0.203 e. The first-order chi connectivity index (χ1) is 14.5. The fourth-order valence-corrected chi connectivity index (χ4v) is 3.43. The van der Waals surface area contributed by atoms with Crippen LogP contribution in [0.3, 0.4) is 0 Å². The number of nitrogens with one attached hydrogen (secondary N) is 2. The Kier molecular flexibility index (Phi) is 9.15. The van der Waals surface area contributed by atoms with Gasteiger partial charge in [0.15, 0.2) is 17.5 Å². The SMILES string of the molecule is CCNC(=NCc1cc(OC)c(OC)c(OC)c1)NC1CC1c1c(F)cccc1F.I. The zero-order valence-corrected chi connectivity index (χ0v) is 20.3. The van der Waals surface area contributed by atoms with Gasteiger partial charge in [0.25, 0.3) is 0 Å². The van der Waals surface area contributed by atoms with Crippen molar-refractivity contribution in [1.29, 1.82) is 0 Å². The van der Waals surface area contributed by atoms with Crippen LogP contribution in [0.4, 0.5) is 8.78 Å². The van der Waals surface area contributed by atoms with E-state index in [0.29, 0.717) is 42.7 Å². The number of hydrogen-bond donors (Lipinski definition) is 2. The van der Waals surface area contributed by atoms with Gasteiger partial charge < -0.3 is 24.8 Å². The van der Waals surface area contributed by atoms with Crippen LogP contribution in [0.25, 0.3) is 0 Å². The number of benzene rings is 2. The van der Waals surface area contributed by atoms with E-state index in [1.807, 2.05) is 19.1 Å². The molecule has 2 unspecified atom stereocenters. The van der Waals surface area contributed by atoms with Crippen molar-refractivity contribution in [3.8, 4) is 17.2 Å². The van der Waals surface area contributed by atoms with Crippen LogP contribution < -0.4 is 24.8 Å². The first-order valence-electron chi connectivity index (χ1n) is 9.80. The van der Waals surface area contributed by atoms with Gasteiger partial charge in [-0.2, -0.15) is 0 Å². The van der Waals surface area contributed by atoms with Gasteiger partial charge in [-0.05, 0) is 43.2 Å². The summed E-state index contributed by atoms with van der Waals surface area (Å²) in [6.45, 7) is 2.97. The molecule has 9 heteroatoms. The van der Waals surface area contributed by atoms with Crippen LogP contribution in [-0.2, 0) is 6.54 Å². The van der Waals surface area contributed by atoms with Gasteiger partial charge >= 0.3 is 0 Å². The molecule has 0 aromatic heterocycles. The lowest BCUT2D eigenvalue weighted by Crippen LogP contribution is -2.39. The Morgan fingerprint density at radius 2 is 1.68 bits per heavy atom. The predicted molar refractivity (Wildman–Crippen MR) is 127 cm³/mol. The van der Waals surface area contributed by atoms with Crippen molar-refractivity contribution in [2.45, 2.75) is 31.8 Å². The zero-order valence-electron chi connectivity index (χ0n) is 18.0. The van der Waals surface area contributed by atoms with Crippen LogP contribution in [-0.4, -0.2) is 39.9 Å². The lowest BCUT2D eigenvalue weighted by atomic mass is 10.1. The van der Waals surface area contributed by atoms with Crippen LogP contribution in [0.5, 0.6) is 17.2 Å². The molecule has 1 aliphatic rings. The maximum absolute atomic E-state index is 14.0. The largest absolute Gasteiger partial charge is 0.493 e. The first-order valence-corrected chi connectivity index (χ1v) is 9.80. The van der Waals surface area contributed by atoms with Gasteiger partial charge in [0.05, 0.1) is 27.9 Å². The van der Waals surface area contributed by atoms with Gasteiger partial charge in [-0.1, -0.05) is 6.07 Å². The van der Waals surface area contributed by atoms with E-state index in [-0.39, 0.29) is 41.5 Å². The number of guanidine groups is 1. The molecule has 0 aliphatic heterocycles. The summed E-state index contributed by atoms with van der Waals surface area (Å²) in [5.41, 5.74) is 1.00. The van der Waals surface area contributed by atoms with E-state index < -0.39 is 11.6 Å². The lowest BCUT2D eigenvalue weighted by Gasteiger charge is -2.14. The van der Waals surface area contributed by atoms with Crippen molar-refractivity contribution in [3.05, 3.63) is 53.1 Å². The Labute approximate surface area is 198 Å². The highest BCUT2D eigenvalue weighted by Gasteiger charge is 2.42. The summed E-state index contributed by atoms with van der Waals surface area (Å²) in [4.78, 5) is 4.60. The number of halogens is 3. The van der Waals surface area contributed by atoms with Crippen LogP contribution in [0, 0.1) is 11.6 Å².